The van der Waals surface area contributed by atoms with Crippen LogP contribution in [0.25, 0.3) is 33.6 Å². The Labute approximate surface area is 391 Å². The highest BCUT2D eigenvalue weighted by Crippen LogP contribution is 2.42. The summed E-state index contributed by atoms with van der Waals surface area (Å²) in [6, 6.07) is 14.1. The number of likely N-dealkylation sites (tertiary alicyclic amines) is 2. The maximum Gasteiger partial charge on any atom is 0.407 e. The molecule has 16 nitrogen and oxygen atoms in total. The molecule has 8 rings (SSSR count). The summed E-state index contributed by atoms with van der Waals surface area (Å²) in [5, 5.41) is 6.09. The fraction of sp³-hybridized carbons (Fsp3) is 0.551. The second-order valence-corrected chi connectivity index (χ2v) is 19.1. The minimum absolute atomic E-state index is 0.0115. The largest absolute Gasteiger partial charge is 0.453 e. The number of alkyl carbamates (subject to hydrolysis) is 2. The van der Waals surface area contributed by atoms with E-state index in [9.17, 15) is 19.2 Å². The van der Waals surface area contributed by atoms with Crippen LogP contribution in [0.3, 0.4) is 0 Å². The number of amides is 4. The number of carbonyl (C=O) groups is 4. The van der Waals surface area contributed by atoms with Crippen molar-refractivity contribution in [3.05, 3.63) is 71.5 Å². The number of nitrogens with zero attached hydrogens (tertiary/aromatic N) is 4. The third-order valence-electron chi connectivity index (χ3n) is 14.2. The standard InChI is InChI=1S/C49H63ClN8O8/c1-26-21-39(58(30(26)5)47(60)41(54-48(61)63-6)35-18-20-65-27(2)22-35)44-51-25-37(52-44)33-14-10-31(11-15-33)32-12-16-34(17-13-32)40-43(50)56-45(53-40)38-9-8-19-57(38)46(59)42(55-49(62)64-7)36-23-28(3)66-29(4)24-36/h10-17,25-30,35-36,38-39,41-42H,8-9,18-24H2,1-7H3,(H,51,52)(H,53,56)(H,54,61)(H,55,62)/t26?,27-,28-,29+,30-,35-,36?,38+,39+,41?,42?/m1/s1. The highest BCUT2D eigenvalue weighted by molar-refractivity contribution is 6.31. The van der Waals surface area contributed by atoms with Gasteiger partial charge in [0.1, 0.15) is 34.6 Å². The van der Waals surface area contributed by atoms with Gasteiger partial charge < -0.3 is 49.3 Å². The lowest BCUT2D eigenvalue weighted by Crippen LogP contribution is -2.55. The summed E-state index contributed by atoms with van der Waals surface area (Å²) in [6.07, 6.45) is 5.31. The molecule has 11 atom stereocenters. The molecule has 4 unspecified atom stereocenters. The molecule has 4 amide bonds. The summed E-state index contributed by atoms with van der Waals surface area (Å²) in [7, 11) is 2.61. The highest BCUT2D eigenvalue weighted by Gasteiger charge is 2.46. The normalized spacial score (nSPS) is 27.5. The number of benzene rings is 2. The fourth-order valence-corrected chi connectivity index (χ4v) is 11.0. The maximum absolute atomic E-state index is 14.4. The third-order valence-corrected chi connectivity index (χ3v) is 14.5. The van der Waals surface area contributed by atoms with E-state index in [1.165, 1.54) is 14.2 Å². The molecular formula is C49H63ClN8O8. The van der Waals surface area contributed by atoms with Crippen LogP contribution in [0.5, 0.6) is 0 Å². The molecule has 2 aromatic carbocycles. The molecule has 0 bridgehead atoms. The number of H-pyrrole nitrogens is 2. The average Bonchev–Trinajstić information content (AvgIpc) is 4.13. The number of hydrogen-bond donors (Lipinski definition) is 4. The summed E-state index contributed by atoms with van der Waals surface area (Å²) in [5.41, 5.74) is 5.24. The molecule has 4 aromatic rings. The van der Waals surface area contributed by atoms with Crippen molar-refractivity contribution in [2.24, 2.45) is 17.8 Å². The Bertz CT molecular complexity index is 2340. The predicted molar refractivity (Wildman–Crippen MR) is 248 cm³/mol. The van der Waals surface area contributed by atoms with Gasteiger partial charge in [-0.2, -0.15) is 0 Å². The molecule has 0 spiro atoms. The number of hydrogen-bond acceptors (Lipinski definition) is 10. The van der Waals surface area contributed by atoms with Crippen molar-refractivity contribution in [1.29, 1.82) is 0 Å². The van der Waals surface area contributed by atoms with E-state index in [-0.39, 0.29) is 66.0 Å². The van der Waals surface area contributed by atoms with E-state index < -0.39 is 24.3 Å². The van der Waals surface area contributed by atoms with Crippen LogP contribution in [0, 0.1) is 17.8 Å². The van der Waals surface area contributed by atoms with E-state index in [1.807, 2.05) is 73.2 Å². The summed E-state index contributed by atoms with van der Waals surface area (Å²) in [5.74, 6) is 1.05. The first-order valence-corrected chi connectivity index (χ1v) is 23.7. The second kappa shape index (κ2) is 20.2. The van der Waals surface area contributed by atoms with Crippen LogP contribution >= 0.6 is 11.6 Å². The van der Waals surface area contributed by atoms with Gasteiger partial charge in [-0.15, -0.1) is 0 Å². The van der Waals surface area contributed by atoms with Crippen LogP contribution in [0.2, 0.25) is 5.15 Å². The summed E-state index contributed by atoms with van der Waals surface area (Å²) >= 11 is 6.82. The molecule has 0 aliphatic carbocycles. The number of imidazole rings is 2. The monoisotopic (exact) mass is 926 g/mol. The van der Waals surface area contributed by atoms with Gasteiger partial charge in [0.2, 0.25) is 11.8 Å². The van der Waals surface area contributed by atoms with Crippen molar-refractivity contribution in [3.63, 3.8) is 0 Å². The lowest BCUT2D eigenvalue weighted by atomic mass is 9.85. The minimum atomic E-state index is -0.757. The number of nitrogens with one attached hydrogen (secondary N) is 4. The van der Waals surface area contributed by atoms with Gasteiger partial charge in [-0.25, -0.2) is 19.6 Å². The average molecular weight is 928 g/mol. The molecule has 2 aromatic heterocycles. The van der Waals surface area contributed by atoms with Crippen LogP contribution in [0.1, 0.15) is 103 Å². The SMILES string of the molecule is COC(=O)NC(C(=O)N1CCC[C@H]1c1nc(-c2ccc(-c3ccc(-c4cnc([C@@H]5CC(C)[C@@H](C)N5C(=O)C(NC(=O)OC)[C@@H]5CCO[C@H](C)C5)[nH]4)cc3)cc2)c(Cl)[nH]1)C1C[C@@H](C)O[C@@H](C)C1. The molecule has 4 aliphatic rings. The Morgan fingerprint density at radius 1 is 0.727 bits per heavy atom. The minimum Gasteiger partial charge on any atom is -0.453 e. The lowest BCUT2D eigenvalue weighted by Gasteiger charge is -2.38. The van der Waals surface area contributed by atoms with E-state index >= 15 is 0 Å². The van der Waals surface area contributed by atoms with E-state index in [0.717, 1.165) is 40.8 Å². The van der Waals surface area contributed by atoms with E-state index in [1.54, 1.807) is 0 Å². The molecule has 17 heteroatoms. The quantitative estimate of drug-likeness (QED) is 0.114. The van der Waals surface area contributed by atoms with Gasteiger partial charge in [0.15, 0.2) is 0 Å². The first-order chi connectivity index (χ1) is 31.7. The number of rotatable bonds is 11. The van der Waals surface area contributed by atoms with Crippen molar-refractivity contribution >= 4 is 35.6 Å². The van der Waals surface area contributed by atoms with Crippen LogP contribution in [-0.2, 0) is 28.5 Å². The lowest BCUT2D eigenvalue weighted by molar-refractivity contribution is -0.140. The first kappa shape index (κ1) is 47.1. The van der Waals surface area contributed by atoms with Gasteiger partial charge in [0.05, 0.1) is 56.5 Å². The zero-order valence-corrected chi connectivity index (χ0v) is 39.6. The number of halogens is 1. The smallest absolute Gasteiger partial charge is 0.407 e. The Morgan fingerprint density at radius 2 is 1.32 bits per heavy atom. The predicted octanol–water partition coefficient (Wildman–Crippen LogP) is 8.22. The molecule has 6 heterocycles. The van der Waals surface area contributed by atoms with Crippen LogP contribution in [0.4, 0.5) is 9.59 Å². The number of carbonyl (C=O) groups excluding carboxylic acids is 4. The Morgan fingerprint density at radius 3 is 1.94 bits per heavy atom. The van der Waals surface area contributed by atoms with Gasteiger partial charge in [0, 0.05) is 24.8 Å². The Balaban J connectivity index is 0.949. The zero-order chi connectivity index (χ0) is 46.8. The second-order valence-electron chi connectivity index (χ2n) is 18.7. The number of aromatic nitrogens is 4. The van der Waals surface area contributed by atoms with Gasteiger partial charge in [-0.1, -0.05) is 67.1 Å². The highest BCUT2D eigenvalue weighted by atomic mass is 35.5. The first-order valence-electron chi connectivity index (χ1n) is 23.3. The fourth-order valence-electron chi connectivity index (χ4n) is 10.7. The van der Waals surface area contributed by atoms with Crippen molar-refractivity contribution in [1.82, 2.24) is 40.4 Å². The molecule has 4 saturated heterocycles. The zero-order valence-electron chi connectivity index (χ0n) is 38.8. The van der Waals surface area contributed by atoms with Crippen molar-refractivity contribution in [2.75, 3.05) is 27.4 Å². The van der Waals surface area contributed by atoms with Crippen molar-refractivity contribution < 1.29 is 38.1 Å². The van der Waals surface area contributed by atoms with Crippen LogP contribution in [-0.4, -0.2) is 118 Å². The van der Waals surface area contributed by atoms with Gasteiger partial charge in [-0.05, 0) is 107 Å². The van der Waals surface area contributed by atoms with Crippen molar-refractivity contribution in [2.45, 2.75) is 128 Å². The summed E-state index contributed by atoms with van der Waals surface area (Å²) < 4.78 is 21.6. The molecule has 4 aliphatic heterocycles. The van der Waals surface area contributed by atoms with Crippen LogP contribution < -0.4 is 10.6 Å². The topological polar surface area (TPSA) is 193 Å². The number of ether oxygens (including phenoxy) is 4. The Kier molecular flexibility index (Phi) is 14.4. The molecule has 0 saturated carbocycles. The van der Waals surface area contributed by atoms with E-state index in [4.69, 9.17) is 40.5 Å². The van der Waals surface area contributed by atoms with E-state index in [0.29, 0.717) is 67.8 Å². The third kappa shape index (κ3) is 9.96. The molecule has 4 N–H and O–H groups in total. The maximum atomic E-state index is 14.4. The number of methoxy groups -OCH3 is 2. The molecule has 354 valence electrons. The molecule has 0 radical (unpaired) electrons. The number of aromatic amines is 2. The molecule has 66 heavy (non-hydrogen) atoms. The van der Waals surface area contributed by atoms with Crippen molar-refractivity contribution in [3.8, 4) is 33.6 Å². The van der Waals surface area contributed by atoms with Gasteiger partial charge >= 0.3 is 12.2 Å². The molecular weight excluding hydrogens is 864 g/mol. The van der Waals surface area contributed by atoms with Crippen LogP contribution in [0.15, 0.2) is 54.7 Å². The Hall–Kier alpha value is -5.45. The molecule has 4 fully saturated rings. The van der Waals surface area contributed by atoms with Gasteiger partial charge in [-0.3, -0.25) is 9.59 Å². The summed E-state index contributed by atoms with van der Waals surface area (Å²) in [6.45, 7) is 11.3. The van der Waals surface area contributed by atoms with E-state index in [2.05, 4.69) is 46.6 Å². The summed E-state index contributed by atoms with van der Waals surface area (Å²) in [4.78, 5) is 73.9. The van der Waals surface area contributed by atoms with Gasteiger partial charge in [0.25, 0.3) is 0 Å².